The molecular formula is C64H38N6S. The van der Waals surface area contributed by atoms with E-state index in [1.165, 1.54) is 5.56 Å². The van der Waals surface area contributed by atoms with Gasteiger partial charge in [0.1, 0.15) is 0 Å². The molecule has 0 N–H and O–H groups in total. The van der Waals surface area contributed by atoms with Crippen molar-refractivity contribution in [1.82, 2.24) is 29.1 Å². The van der Waals surface area contributed by atoms with Crippen molar-refractivity contribution in [3.63, 3.8) is 0 Å². The molecule has 0 unspecified atom stereocenters. The smallest absolute Gasteiger partial charge is 0.235 e. The molecule has 10 aromatic carbocycles. The molecule has 0 saturated heterocycles. The fourth-order valence-electron chi connectivity index (χ4n) is 11.0. The summed E-state index contributed by atoms with van der Waals surface area (Å²) in [5.41, 5.74) is 13.4. The SMILES string of the molecule is c1ccc(-c2cc3nc(-n4c5ccc(-c6cccc7c6c6ccccc6n7-c6nc(-c7ccccc7)c7ccc8ccccc8c7n6)cc5c5ccc6ccccc6c54)nc(-c4ccccc4)c3s2)cc1. The van der Waals surface area contributed by atoms with Gasteiger partial charge in [-0.25, -0.2) is 19.9 Å². The van der Waals surface area contributed by atoms with E-state index < -0.39 is 0 Å². The van der Waals surface area contributed by atoms with E-state index in [4.69, 9.17) is 19.9 Å². The quantitative estimate of drug-likeness (QED) is 0.156. The normalized spacial score (nSPS) is 11.9. The number of benzene rings is 10. The summed E-state index contributed by atoms with van der Waals surface area (Å²) < 4.78 is 5.61. The van der Waals surface area contributed by atoms with Crippen LogP contribution in [0.1, 0.15) is 0 Å². The van der Waals surface area contributed by atoms with E-state index in [0.717, 1.165) is 125 Å². The second-order valence-corrected chi connectivity index (χ2v) is 19.2. The maximum absolute atomic E-state index is 5.52. The molecule has 71 heavy (non-hydrogen) atoms. The summed E-state index contributed by atoms with van der Waals surface area (Å²) in [4.78, 5) is 23.1. The third-order valence-electron chi connectivity index (χ3n) is 14.2. The number of hydrogen-bond donors (Lipinski definition) is 0. The number of para-hydroxylation sites is 1. The molecule has 330 valence electrons. The zero-order valence-corrected chi connectivity index (χ0v) is 38.8. The Balaban J connectivity index is 0.978. The molecule has 0 aliphatic carbocycles. The molecule has 0 saturated carbocycles. The number of fused-ring (bicyclic) bond motifs is 12. The Morgan fingerprint density at radius 3 is 1.70 bits per heavy atom. The van der Waals surface area contributed by atoms with Gasteiger partial charge in [-0.2, -0.15) is 0 Å². The minimum Gasteiger partial charge on any atom is -0.278 e. The zero-order chi connectivity index (χ0) is 46.6. The van der Waals surface area contributed by atoms with Crippen LogP contribution in [0.5, 0.6) is 0 Å². The highest BCUT2D eigenvalue weighted by Crippen LogP contribution is 2.44. The highest BCUT2D eigenvalue weighted by atomic mass is 32.1. The van der Waals surface area contributed by atoms with Gasteiger partial charge >= 0.3 is 0 Å². The summed E-state index contributed by atoms with van der Waals surface area (Å²) in [7, 11) is 0. The van der Waals surface area contributed by atoms with E-state index in [1.807, 2.05) is 0 Å². The standard InChI is InChI=1S/C64H38N6S/c1-4-19-41(20-5-1)56-38-52-62(71-56)59(43-23-8-3-9-24-43)67-63(65-52)70-54-36-33-44(37-51(54)48-34-31-40-18-11-13-26-47(40)61(48)70)45-28-16-30-55-57(45)49-27-14-15-29-53(49)69(55)64-66-58(42-21-6-2-7-22-42)50-35-32-39-17-10-12-25-46(39)60(50)68-64/h1-38H. The van der Waals surface area contributed by atoms with Crippen molar-refractivity contribution < 1.29 is 0 Å². The van der Waals surface area contributed by atoms with Crippen molar-refractivity contribution in [3.05, 3.63) is 231 Å². The summed E-state index contributed by atoms with van der Waals surface area (Å²) in [6, 6.07) is 82.0. The third-order valence-corrected chi connectivity index (χ3v) is 15.3. The van der Waals surface area contributed by atoms with Gasteiger partial charge in [-0.05, 0) is 63.9 Å². The van der Waals surface area contributed by atoms with Crippen LogP contribution in [0.15, 0.2) is 231 Å². The van der Waals surface area contributed by atoms with Crippen molar-refractivity contribution >= 4 is 97.6 Å². The van der Waals surface area contributed by atoms with Crippen molar-refractivity contribution in [3.8, 4) is 56.0 Å². The zero-order valence-electron chi connectivity index (χ0n) is 38.0. The van der Waals surface area contributed by atoms with Crippen molar-refractivity contribution in [2.24, 2.45) is 0 Å². The average molecular weight is 923 g/mol. The molecular weight excluding hydrogens is 885 g/mol. The molecule has 15 rings (SSSR count). The Morgan fingerprint density at radius 2 is 0.930 bits per heavy atom. The summed E-state index contributed by atoms with van der Waals surface area (Å²) in [6.45, 7) is 0. The van der Waals surface area contributed by atoms with Gasteiger partial charge in [0.2, 0.25) is 11.9 Å². The maximum Gasteiger partial charge on any atom is 0.235 e. The molecule has 0 amide bonds. The van der Waals surface area contributed by atoms with Gasteiger partial charge in [0.05, 0.1) is 49.2 Å². The summed E-state index contributed by atoms with van der Waals surface area (Å²) in [6.07, 6.45) is 0. The number of rotatable bonds is 6. The Hall–Kier alpha value is -9.30. The van der Waals surface area contributed by atoms with Gasteiger partial charge in [-0.1, -0.05) is 194 Å². The molecule has 7 heteroatoms. The minimum atomic E-state index is 0.634. The maximum atomic E-state index is 5.52. The van der Waals surface area contributed by atoms with Crippen LogP contribution in [0.25, 0.3) is 142 Å². The fraction of sp³-hybridized carbons (Fsp3) is 0. The van der Waals surface area contributed by atoms with E-state index in [0.29, 0.717) is 11.9 Å². The topological polar surface area (TPSA) is 61.4 Å². The predicted octanol–water partition coefficient (Wildman–Crippen LogP) is 16.8. The monoisotopic (exact) mass is 922 g/mol. The van der Waals surface area contributed by atoms with Crippen LogP contribution in [0.3, 0.4) is 0 Å². The van der Waals surface area contributed by atoms with E-state index in [1.54, 1.807) is 11.3 Å². The number of nitrogens with zero attached hydrogens (tertiary/aromatic N) is 6. The van der Waals surface area contributed by atoms with Crippen molar-refractivity contribution in [2.45, 2.75) is 0 Å². The summed E-state index contributed by atoms with van der Waals surface area (Å²) in [5, 5.41) is 10.1. The molecule has 0 atom stereocenters. The fourth-order valence-corrected chi connectivity index (χ4v) is 12.1. The van der Waals surface area contributed by atoms with Gasteiger partial charge in [-0.15, -0.1) is 11.3 Å². The van der Waals surface area contributed by atoms with Gasteiger partial charge in [0, 0.05) is 53.7 Å². The molecule has 6 nitrogen and oxygen atoms in total. The number of aromatic nitrogens is 6. The molecule has 0 aliphatic heterocycles. The Morgan fingerprint density at radius 1 is 0.338 bits per heavy atom. The molecule has 5 heterocycles. The molecule has 0 fully saturated rings. The lowest BCUT2D eigenvalue weighted by molar-refractivity contribution is 1.02. The van der Waals surface area contributed by atoms with E-state index >= 15 is 0 Å². The van der Waals surface area contributed by atoms with Crippen molar-refractivity contribution in [2.75, 3.05) is 0 Å². The highest BCUT2D eigenvalue weighted by Gasteiger charge is 2.24. The van der Waals surface area contributed by atoms with Crippen LogP contribution < -0.4 is 0 Å². The Labute approximate surface area is 411 Å². The van der Waals surface area contributed by atoms with Crippen LogP contribution in [-0.4, -0.2) is 29.1 Å². The first kappa shape index (κ1) is 39.7. The van der Waals surface area contributed by atoms with E-state index in [2.05, 4.69) is 240 Å². The molecule has 0 spiro atoms. The molecule has 0 bridgehead atoms. The van der Waals surface area contributed by atoms with Crippen LogP contribution >= 0.6 is 11.3 Å². The highest BCUT2D eigenvalue weighted by molar-refractivity contribution is 7.22. The van der Waals surface area contributed by atoms with E-state index in [-0.39, 0.29) is 0 Å². The number of hydrogen-bond acceptors (Lipinski definition) is 5. The first-order valence-corrected chi connectivity index (χ1v) is 24.7. The lowest BCUT2D eigenvalue weighted by atomic mass is 9.97. The molecule has 5 aromatic heterocycles. The molecule has 0 radical (unpaired) electrons. The average Bonchev–Trinajstić information content (AvgIpc) is 4.14. The van der Waals surface area contributed by atoms with Crippen LogP contribution in [-0.2, 0) is 0 Å². The van der Waals surface area contributed by atoms with Gasteiger partial charge in [0.15, 0.2) is 0 Å². The first-order valence-electron chi connectivity index (χ1n) is 23.9. The largest absolute Gasteiger partial charge is 0.278 e. The Kier molecular flexibility index (Phi) is 8.73. The third kappa shape index (κ3) is 6.13. The lowest BCUT2D eigenvalue weighted by Gasteiger charge is -2.13. The summed E-state index contributed by atoms with van der Waals surface area (Å²) >= 11 is 1.75. The van der Waals surface area contributed by atoms with Gasteiger partial charge in [0.25, 0.3) is 0 Å². The Bertz CT molecular complexity index is 4630. The van der Waals surface area contributed by atoms with Gasteiger partial charge in [-0.3, -0.25) is 9.13 Å². The second-order valence-electron chi connectivity index (χ2n) is 18.2. The number of thiophene rings is 1. The lowest BCUT2D eigenvalue weighted by Crippen LogP contribution is -2.03. The summed E-state index contributed by atoms with van der Waals surface area (Å²) in [5.74, 6) is 1.27. The van der Waals surface area contributed by atoms with Gasteiger partial charge < -0.3 is 0 Å². The predicted molar refractivity (Wildman–Crippen MR) is 296 cm³/mol. The second kappa shape index (κ2) is 15.6. The molecule has 15 aromatic rings. The minimum absolute atomic E-state index is 0.634. The first-order chi connectivity index (χ1) is 35.2. The van der Waals surface area contributed by atoms with Crippen molar-refractivity contribution in [1.29, 1.82) is 0 Å². The van der Waals surface area contributed by atoms with E-state index in [9.17, 15) is 0 Å². The van der Waals surface area contributed by atoms with Crippen LogP contribution in [0.4, 0.5) is 0 Å². The van der Waals surface area contributed by atoms with Crippen LogP contribution in [0.2, 0.25) is 0 Å². The molecule has 0 aliphatic rings. The van der Waals surface area contributed by atoms with Crippen LogP contribution in [0, 0.1) is 0 Å².